The lowest BCUT2D eigenvalue weighted by Gasteiger charge is -2.27. The number of rotatable bonds is 7. The molecule has 0 N–H and O–H groups in total. The minimum absolute atomic E-state index is 0.0118. The molecule has 0 radical (unpaired) electrons. The van der Waals surface area contributed by atoms with Crippen molar-refractivity contribution in [1.82, 2.24) is 14.5 Å². The highest BCUT2D eigenvalue weighted by Crippen LogP contribution is 2.28. The van der Waals surface area contributed by atoms with Crippen LogP contribution in [0.1, 0.15) is 38.7 Å². The first-order valence-electron chi connectivity index (χ1n) is 11.5. The Labute approximate surface area is 204 Å². The largest absolute Gasteiger partial charge is 0.338 e. The highest BCUT2D eigenvalue weighted by atomic mass is 32.2. The van der Waals surface area contributed by atoms with Crippen LogP contribution < -0.4 is 5.56 Å². The molecule has 0 aliphatic carbocycles. The highest BCUT2D eigenvalue weighted by Gasteiger charge is 2.34. The molecule has 180 valence electrons. The Balaban J connectivity index is 1.72. The molecule has 1 aliphatic rings. The van der Waals surface area contributed by atoms with Gasteiger partial charge in [-0.1, -0.05) is 55.9 Å². The normalized spacial score (nSPS) is 17.4. The first-order valence-corrected chi connectivity index (χ1v) is 14.3. The summed E-state index contributed by atoms with van der Waals surface area (Å²) in [6, 6.07) is 14.7. The predicted octanol–water partition coefficient (Wildman–Crippen LogP) is 3.64. The van der Waals surface area contributed by atoms with Crippen LogP contribution in [0.25, 0.3) is 16.6 Å². The van der Waals surface area contributed by atoms with E-state index in [1.165, 1.54) is 11.8 Å². The Morgan fingerprint density at radius 2 is 1.88 bits per heavy atom. The third-order valence-corrected chi connectivity index (χ3v) is 8.85. The number of carbonyl (C=O) groups is 1. The molecular weight excluding hydrogens is 470 g/mol. The molecule has 2 heterocycles. The van der Waals surface area contributed by atoms with Crippen LogP contribution in [0.15, 0.2) is 58.5 Å². The Morgan fingerprint density at radius 3 is 2.56 bits per heavy atom. The summed E-state index contributed by atoms with van der Waals surface area (Å²) in [4.78, 5) is 33.1. The Morgan fingerprint density at radius 1 is 1.18 bits per heavy atom. The standard InChI is InChI=1S/C25H29N3O4S2/c1-4-27(18-13-14-34(31,32)16-18)23(29)15-33-25-26-21-11-7-5-10-20(21)24(30)28(25)22-12-8-6-9-19(22)17(2)3/h5-12,17-18H,4,13-16H2,1-3H3. The fourth-order valence-electron chi connectivity index (χ4n) is 4.47. The van der Waals surface area contributed by atoms with Crippen LogP contribution in [0.5, 0.6) is 0 Å². The molecule has 7 nitrogen and oxygen atoms in total. The van der Waals surface area contributed by atoms with E-state index in [9.17, 15) is 18.0 Å². The van der Waals surface area contributed by atoms with Gasteiger partial charge in [0.15, 0.2) is 15.0 Å². The van der Waals surface area contributed by atoms with E-state index in [1.54, 1.807) is 21.6 Å². The van der Waals surface area contributed by atoms with Gasteiger partial charge in [-0.2, -0.15) is 0 Å². The third-order valence-electron chi connectivity index (χ3n) is 6.18. The van der Waals surface area contributed by atoms with Crippen molar-refractivity contribution in [3.8, 4) is 5.69 Å². The average Bonchev–Trinajstić information content (AvgIpc) is 3.17. The smallest absolute Gasteiger partial charge is 0.266 e. The van der Waals surface area contributed by atoms with E-state index >= 15 is 0 Å². The van der Waals surface area contributed by atoms with E-state index in [-0.39, 0.29) is 40.7 Å². The quantitative estimate of drug-likeness (QED) is 0.364. The van der Waals surface area contributed by atoms with Gasteiger partial charge in [-0.05, 0) is 43.0 Å². The van der Waals surface area contributed by atoms with Crippen LogP contribution in [-0.2, 0) is 14.6 Å². The van der Waals surface area contributed by atoms with Crippen LogP contribution >= 0.6 is 11.8 Å². The number of thioether (sulfide) groups is 1. The lowest BCUT2D eigenvalue weighted by molar-refractivity contribution is -0.129. The number of hydrogen-bond donors (Lipinski definition) is 0. The van der Waals surface area contributed by atoms with E-state index < -0.39 is 9.84 Å². The van der Waals surface area contributed by atoms with Crippen LogP contribution in [-0.4, -0.2) is 58.6 Å². The van der Waals surface area contributed by atoms with Crippen LogP contribution in [0.3, 0.4) is 0 Å². The van der Waals surface area contributed by atoms with Gasteiger partial charge < -0.3 is 4.90 Å². The van der Waals surface area contributed by atoms with Gasteiger partial charge in [0.05, 0.1) is 33.8 Å². The zero-order chi connectivity index (χ0) is 24.5. The number of carbonyl (C=O) groups excluding carboxylic acids is 1. The Kier molecular flexibility index (Phi) is 7.14. The van der Waals surface area contributed by atoms with Crippen molar-refractivity contribution < 1.29 is 13.2 Å². The van der Waals surface area contributed by atoms with E-state index in [0.717, 1.165) is 11.3 Å². The van der Waals surface area contributed by atoms with Gasteiger partial charge in [-0.3, -0.25) is 14.2 Å². The summed E-state index contributed by atoms with van der Waals surface area (Å²) in [5.41, 5.74) is 2.17. The average molecular weight is 500 g/mol. The summed E-state index contributed by atoms with van der Waals surface area (Å²) in [6.45, 7) is 6.44. The molecule has 2 aromatic carbocycles. The number of fused-ring (bicyclic) bond motifs is 1. The van der Waals surface area contributed by atoms with Crippen molar-refractivity contribution in [3.63, 3.8) is 0 Å². The summed E-state index contributed by atoms with van der Waals surface area (Å²) < 4.78 is 25.4. The van der Waals surface area contributed by atoms with Gasteiger partial charge >= 0.3 is 0 Å². The molecule has 0 saturated carbocycles. The van der Waals surface area contributed by atoms with Crippen LogP contribution in [0.2, 0.25) is 0 Å². The highest BCUT2D eigenvalue weighted by molar-refractivity contribution is 7.99. The molecule has 1 aromatic heterocycles. The Hall–Kier alpha value is -2.65. The maximum absolute atomic E-state index is 13.6. The first-order chi connectivity index (χ1) is 16.2. The zero-order valence-corrected chi connectivity index (χ0v) is 21.2. The summed E-state index contributed by atoms with van der Waals surface area (Å²) in [5.74, 6) is 0.234. The maximum atomic E-state index is 13.6. The van der Waals surface area contributed by atoms with Crippen molar-refractivity contribution in [2.24, 2.45) is 0 Å². The van der Waals surface area contributed by atoms with Gasteiger partial charge in [0, 0.05) is 12.6 Å². The first kappa shape index (κ1) is 24.5. The monoisotopic (exact) mass is 499 g/mol. The van der Waals surface area contributed by atoms with Gasteiger partial charge in [0.1, 0.15) is 0 Å². The Bertz CT molecular complexity index is 1380. The second kappa shape index (κ2) is 9.92. The molecule has 1 aliphatic heterocycles. The topological polar surface area (TPSA) is 89.3 Å². The summed E-state index contributed by atoms with van der Waals surface area (Å²) >= 11 is 1.21. The number of sulfone groups is 1. The van der Waals surface area contributed by atoms with Gasteiger partial charge in [0.2, 0.25) is 5.91 Å². The van der Waals surface area contributed by atoms with Crippen molar-refractivity contribution >= 4 is 38.4 Å². The lowest BCUT2D eigenvalue weighted by Crippen LogP contribution is -2.42. The molecular formula is C25H29N3O4S2. The minimum Gasteiger partial charge on any atom is -0.338 e. The van der Waals surface area contributed by atoms with E-state index in [4.69, 9.17) is 4.98 Å². The second-order valence-electron chi connectivity index (χ2n) is 8.79. The minimum atomic E-state index is -3.10. The van der Waals surface area contributed by atoms with E-state index in [1.807, 2.05) is 43.3 Å². The second-order valence-corrected chi connectivity index (χ2v) is 12.0. The number of amides is 1. The van der Waals surface area contributed by atoms with Gasteiger partial charge in [0.25, 0.3) is 5.56 Å². The molecule has 1 saturated heterocycles. The number of aromatic nitrogens is 2. The fraction of sp³-hybridized carbons (Fsp3) is 0.400. The number of hydrogen-bond acceptors (Lipinski definition) is 6. The lowest BCUT2D eigenvalue weighted by atomic mass is 10.0. The SMILES string of the molecule is CCN(C(=O)CSc1nc2ccccc2c(=O)n1-c1ccccc1C(C)C)C1CCS(=O)(=O)C1. The summed E-state index contributed by atoms with van der Waals surface area (Å²) in [5, 5.41) is 0.961. The van der Waals surface area contributed by atoms with E-state index in [2.05, 4.69) is 13.8 Å². The van der Waals surface area contributed by atoms with E-state index in [0.29, 0.717) is 29.0 Å². The third kappa shape index (κ3) is 4.90. The molecule has 3 aromatic rings. The molecule has 1 amide bonds. The number of nitrogens with zero attached hydrogens (tertiary/aromatic N) is 3. The zero-order valence-electron chi connectivity index (χ0n) is 19.6. The van der Waals surface area contributed by atoms with Crippen LogP contribution in [0, 0.1) is 0 Å². The maximum Gasteiger partial charge on any atom is 0.266 e. The number of para-hydroxylation sites is 2. The van der Waals surface area contributed by atoms with Crippen molar-refractivity contribution in [2.75, 3.05) is 23.8 Å². The molecule has 1 fully saturated rings. The molecule has 9 heteroatoms. The fourth-order valence-corrected chi connectivity index (χ4v) is 7.09. The van der Waals surface area contributed by atoms with Crippen molar-refractivity contribution in [1.29, 1.82) is 0 Å². The van der Waals surface area contributed by atoms with Crippen molar-refractivity contribution in [3.05, 3.63) is 64.4 Å². The predicted molar refractivity (Wildman–Crippen MR) is 137 cm³/mol. The molecule has 0 spiro atoms. The van der Waals surface area contributed by atoms with Crippen molar-refractivity contribution in [2.45, 2.75) is 44.3 Å². The van der Waals surface area contributed by atoms with Gasteiger partial charge in [-0.25, -0.2) is 13.4 Å². The van der Waals surface area contributed by atoms with Crippen LogP contribution in [0.4, 0.5) is 0 Å². The summed E-state index contributed by atoms with van der Waals surface area (Å²) in [7, 11) is -3.10. The molecule has 4 rings (SSSR count). The number of benzene rings is 2. The molecule has 1 atom stereocenters. The molecule has 1 unspecified atom stereocenters. The molecule has 34 heavy (non-hydrogen) atoms. The molecule has 0 bridgehead atoms. The summed E-state index contributed by atoms with van der Waals surface area (Å²) in [6.07, 6.45) is 0.466. The van der Waals surface area contributed by atoms with Gasteiger partial charge in [-0.15, -0.1) is 0 Å².